The van der Waals surface area contributed by atoms with E-state index in [1.54, 1.807) is 6.07 Å². The zero-order chi connectivity index (χ0) is 11.8. The highest BCUT2D eigenvalue weighted by molar-refractivity contribution is 6.31. The minimum Gasteiger partial charge on any atom is -0.454 e. The zero-order valence-electron chi connectivity index (χ0n) is 9.44. The second-order valence-electron chi connectivity index (χ2n) is 4.17. The third kappa shape index (κ3) is 2.08. The predicted octanol–water partition coefficient (Wildman–Crippen LogP) is 2.89. The van der Waals surface area contributed by atoms with Crippen molar-refractivity contribution >= 4 is 11.6 Å². The lowest BCUT2D eigenvalue weighted by atomic mass is 10.1. The Bertz CT molecular complexity index is 435. The van der Waals surface area contributed by atoms with E-state index in [2.05, 4.69) is 0 Å². The Labute approximate surface area is 104 Å². The molecule has 1 fully saturated rings. The molecule has 1 saturated heterocycles. The Morgan fingerprint density at radius 3 is 2.76 bits per heavy atom. The largest absolute Gasteiger partial charge is 0.454 e. The van der Waals surface area contributed by atoms with Gasteiger partial charge in [0.2, 0.25) is 6.79 Å². The van der Waals surface area contributed by atoms with Gasteiger partial charge in [0.25, 0.3) is 0 Å². The number of rotatable bonds is 1. The van der Waals surface area contributed by atoms with Crippen molar-refractivity contribution in [3.8, 4) is 11.5 Å². The van der Waals surface area contributed by atoms with E-state index >= 15 is 0 Å². The lowest BCUT2D eigenvalue weighted by Crippen LogP contribution is -2.24. The molecule has 5 heteroatoms. The molecule has 17 heavy (non-hydrogen) atoms. The van der Waals surface area contributed by atoms with Crippen LogP contribution in [-0.2, 0) is 9.47 Å². The molecule has 0 bridgehead atoms. The summed E-state index contributed by atoms with van der Waals surface area (Å²) < 4.78 is 21.9. The van der Waals surface area contributed by atoms with Gasteiger partial charge >= 0.3 is 0 Å². The Kier molecular flexibility index (Phi) is 2.86. The van der Waals surface area contributed by atoms with Gasteiger partial charge in [0.05, 0.1) is 17.7 Å². The van der Waals surface area contributed by atoms with Gasteiger partial charge in [-0.1, -0.05) is 11.6 Å². The second-order valence-corrected chi connectivity index (χ2v) is 4.57. The van der Waals surface area contributed by atoms with Gasteiger partial charge in [-0.25, -0.2) is 0 Å². The molecule has 0 N–H and O–H groups in total. The summed E-state index contributed by atoms with van der Waals surface area (Å²) >= 11 is 6.19. The highest BCUT2D eigenvalue weighted by Gasteiger charge is 2.26. The number of fused-ring (bicyclic) bond motifs is 1. The molecule has 2 unspecified atom stereocenters. The molecule has 2 aliphatic rings. The van der Waals surface area contributed by atoms with Gasteiger partial charge in [-0.3, -0.25) is 0 Å². The Morgan fingerprint density at radius 2 is 2.00 bits per heavy atom. The van der Waals surface area contributed by atoms with E-state index in [1.807, 2.05) is 13.0 Å². The molecule has 0 amide bonds. The third-order valence-electron chi connectivity index (χ3n) is 2.90. The van der Waals surface area contributed by atoms with E-state index in [4.69, 9.17) is 30.5 Å². The zero-order valence-corrected chi connectivity index (χ0v) is 10.2. The SMILES string of the molecule is CC1CCOC(c2cc3c(cc2Cl)OCO3)O1. The first-order valence-electron chi connectivity index (χ1n) is 5.60. The van der Waals surface area contributed by atoms with Gasteiger partial charge in [0.15, 0.2) is 17.8 Å². The van der Waals surface area contributed by atoms with Crippen molar-refractivity contribution < 1.29 is 18.9 Å². The summed E-state index contributed by atoms with van der Waals surface area (Å²) in [5, 5.41) is 0.577. The van der Waals surface area contributed by atoms with Crippen LogP contribution in [-0.4, -0.2) is 19.5 Å². The van der Waals surface area contributed by atoms with Crippen molar-refractivity contribution in [1.29, 1.82) is 0 Å². The molecule has 2 atom stereocenters. The number of halogens is 1. The number of benzene rings is 1. The summed E-state index contributed by atoms with van der Waals surface area (Å²) in [6.45, 7) is 2.94. The molecule has 0 saturated carbocycles. The first-order valence-corrected chi connectivity index (χ1v) is 5.98. The number of ether oxygens (including phenoxy) is 4. The van der Waals surface area contributed by atoms with Crippen molar-refractivity contribution in [2.75, 3.05) is 13.4 Å². The van der Waals surface area contributed by atoms with Crippen molar-refractivity contribution in [3.05, 3.63) is 22.7 Å². The van der Waals surface area contributed by atoms with Gasteiger partial charge in [-0.2, -0.15) is 0 Å². The Morgan fingerprint density at radius 1 is 1.24 bits per heavy atom. The molecule has 1 aromatic carbocycles. The lowest BCUT2D eigenvalue weighted by Gasteiger charge is -2.28. The number of hydrogen-bond acceptors (Lipinski definition) is 4. The Hall–Kier alpha value is -0.970. The predicted molar refractivity (Wildman–Crippen MR) is 61.4 cm³/mol. The van der Waals surface area contributed by atoms with Gasteiger partial charge in [-0.15, -0.1) is 0 Å². The fourth-order valence-electron chi connectivity index (χ4n) is 1.94. The summed E-state index contributed by atoms with van der Waals surface area (Å²) in [6, 6.07) is 3.57. The molecule has 0 spiro atoms. The van der Waals surface area contributed by atoms with E-state index in [0.29, 0.717) is 23.1 Å². The summed E-state index contributed by atoms with van der Waals surface area (Å²) in [6.07, 6.45) is 0.662. The van der Waals surface area contributed by atoms with E-state index in [-0.39, 0.29) is 12.9 Å². The monoisotopic (exact) mass is 256 g/mol. The third-order valence-corrected chi connectivity index (χ3v) is 3.22. The van der Waals surface area contributed by atoms with Crippen LogP contribution in [0.1, 0.15) is 25.2 Å². The maximum atomic E-state index is 6.19. The first kappa shape index (κ1) is 11.1. The molecule has 2 heterocycles. The topological polar surface area (TPSA) is 36.9 Å². The van der Waals surface area contributed by atoms with E-state index in [1.165, 1.54) is 0 Å². The fourth-order valence-corrected chi connectivity index (χ4v) is 2.18. The van der Waals surface area contributed by atoms with Crippen molar-refractivity contribution in [3.63, 3.8) is 0 Å². The maximum Gasteiger partial charge on any atom is 0.231 e. The summed E-state index contributed by atoms with van der Waals surface area (Å²) in [5.74, 6) is 1.36. The molecular weight excluding hydrogens is 244 g/mol. The second kappa shape index (κ2) is 4.37. The van der Waals surface area contributed by atoms with Crippen LogP contribution in [0, 0.1) is 0 Å². The van der Waals surface area contributed by atoms with Crippen LogP contribution in [0.25, 0.3) is 0 Å². The smallest absolute Gasteiger partial charge is 0.231 e. The quantitative estimate of drug-likeness (QED) is 0.774. The van der Waals surface area contributed by atoms with E-state index < -0.39 is 6.29 Å². The van der Waals surface area contributed by atoms with Crippen molar-refractivity contribution in [2.45, 2.75) is 25.7 Å². The van der Waals surface area contributed by atoms with Gasteiger partial charge in [0, 0.05) is 11.6 Å². The molecule has 1 aromatic rings. The van der Waals surface area contributed by atoms with Crippen LogP contribution < -0.4 is 9.47 Å². The molecule has 92 valence electrons. The maximum absolute atomic E-state index is 6.19. The van der Waals surface area contributed by atoms with Crippen molar-refractivity contribution in [1.82, 2.24) is 0 Å². The standard InChI is InChI=1S/C12H13ClO4/c1-7-2-3-14-12(17-7)8-4-10-11(5-9(8)13)16-6-15-10/h4-5,7,12H,2-3,6H2,1H3. The molecule has 3 rings (SSSR count). The van der Waals surface area contributed by atoms with E-state index in [0.717, 1.165) is 12.0 Å². The van der Waals surface area contributed by atoms with Crippen LogP contribution in [0.4, 0.5) is 0 Å². The van der Waals surface area contributed by atoms with Gasteiger partial charge in [0.1, 0.15) is 0 Å². The normalized spacial score (nSPS) is 27.2. The molecule has 0 aliphatic carbocycles. The Balaban J connectivity index is 1.91. The van der Waals surface area contributed by atoms with Gasteiger partial charge < -0.3 is 18.9 Å². The summed E-state index contributed by atoms with van der Waals surface area (Å²) in [7, 11) is 0. The average molecular weight is 257 g/mol. The fraction of sp³-hybridized carbons (Fsp3) is 0.500. The van der Waals surface area contributed by atoms with Crippen LogP contribution >= 0.6 is 11.6 Å². The van der Waals surface area contributed by atoms with Crippen molar-refractivity contribution in [2.24, 2.45) is 0 Å². The molecule has 0 radical (unpaired) electrons. The summed E-state index contributed by atoms with van der Waals surface area (Å²) in [4.78, 5) is 0. The minimum atomic E-state index is -0.416. The highest BCUT2D eigenvalue weighted by Crippen LogP contribution is 2.41. The molecule has 0 aromatic heterocycles. The first-order chi connectivity index (χ1) is 8.24. The van der Waals surface area contributed by atoms with Crippen LogP contribution in [0.3, 0.4) is 0 Å². The van der Waals surface area contributed by atoms with E-state index in [9.17, 15) is 0 Å². The van der Waals surface area contributed by atoms with Crippen LogP contribution in [0.2, 0.25) is 5.02 Å². The lowest BCUT2D eigenvalue weighted by molar-refractivity contribution is -0.212. The minimum absolute atomic E-state index is 0.176. The van der Waals surface area contributed by atoms with Crippen LogP contribution in [0.5, 0.6) is 11.5 Å². The highest BCUT2D eigenvalue weighted by atomic mass is 35.5. The van der Waals surface area contributed by atoms with Gasteiger partial charge in [-0.05, 0) is 19.4 Å². The van der Waals surface area contributed by atoms with Crippen LogP contribution in [0.15, 0.2) is 12.1 Å². The summed E-state index contributed by atoms with van der Waals surface area (Å²) in [5.41, 5.74) is 0.794. The number of hydrogen-bond donors (Lipinski definition) is 0. The molecule has 4 nitrogen and oxygen atoms in total. The average Bonchev–Trinajstić information content (AvgIpc) is 2.75. The molecule has 2 aliphatic heterocycles. The molecular formula is C12H13ClO4.